The number of carbonyl (C=O) groups excluding carboxylic acids is 1. The van der Waals surface area contributed by atoms with E-state index >= 15 is 0 Å². The van der Waals surface area contributed by atoms with Crippen molar-refractivity contribution in [1.82, 2.24) is 10.2 Å². The molecule has 21 heavy (non-hydrogen) atoms. The molecule has 1 saturated carbocycles. The number of nitrogens with zero attached hydrogens (tertiary/aromatic N) is 1. The van der Waals surface area contributed by atoms with Crippen LogP contribution in [-0.2, 0) is 4.79 Å². The summed E-state index contributed by atoms with van der Waals surface area (Å²) < 4.78 is 0.318. The van der Waals surface area contributed by atoms with Gasteiger partial charge < -0.3 is 4.90 Å². The number of amides is 1. The molecule has 0 aromatic carbocycles. The van der Waals surface area contributed by atoms with Gasteiger partial charge in [-0.05, 0) is 53.8 Å². The third-order valence-electron chi connectivity index (χ3n) is 4.52. The molecule has 2 heterocycles. The lowest BCUT2D eigenvalue weighted by molar-refractivity contribution is -0.130. The molecule has 1 aromatic rings. The fraction of sp³-hybridized carbons (Fsp3) is 0.688. The van der Waals surface area contributed by atoms with Crippen LogP contribution >= 0.6 is 23.1 Å². The summed E-state index contributed by atoms with van der Waals surface area (Å²) in [6.07, 6.45) is 5.64. The first-order valence-corrected chi connectivity index (χ1v) is 9.85. The topological polar surface area (TPSA) is 32.3 Å². The molecule has 1 aliphatic carbocycles. The van der Waals surface area contributed by atoms with Crippen molar-refractivity contribution in [3.05, 3.63) is 22.4 Å². The van der Waals surface area contributed by atoms with Gasteiger partial charge in [0.15, 0.2) is 0 Å². The van der Waals surface area contributed by atoms with Crippen molar-refractivity contribution in [2.45, 2.75) is 50.1 Å². The van der Waals surface area contributed by atoms with E-state index in [9.17, 15) is 4.79 Å². The Morgan fingerprint density at radius 1 is 1.52 bits per heavy atom. The summed E-state index contributed by atoms with van der Waals surface area (Å²) in [6, 6.07) is 2.12. The Hall–Kier alpha value is -0.520. The van der Waals surface area contributed by atoms with Gasteiger partial charge in [0.2, 0.25) is 5.91 Å². The Balaban J connectivity index is 1.80. The highest BCUT2D eigenvalue weighted by Crippen LogP contribution is 2.49. The second kappa shape index (κ2) is 5.94. The summed E-state index contributed by atoms with van der Waals surface area (Å²) in [5, 5.41) is 7.83. The highest BCUT2D eigenvalue weighted by Gasteiger charge is 2.49. The largest absolute Gasteiger partial charge is 0.320 e. The molecule has 1 saturated heterocycles. The van der Waals surface area contributed by atoms with Gasteiger partial charge in [0.05, 0.1) is 6.04 Å². The van der Waals surface area contributed by atoms with Crippen molar-refractivity contribution in [1.29, 1.82) is 0 Å². The number of thioether (sulfide) groups is 1. The zero-order valence-electron chi connectivity index (χ0n) is 13.0. The van der Waals surface area contributed by atoms with Crippen molar-refractivity contribution in [3.63, 3.8) is 0 Å². The molecule has 2 unspecified atom stereocenters. The molecule has 116 valence electrons. The predicted molar refractivity (Wildman–Crippen MR) is 90.6 cm³/mol. The van der Waals surface area contributed by atoms with Gasteiger partial charge in [-0.25, -0.2) is 0 Å². The first-order chi connectivity index (χ1) is 10.0. The predicted octanol–water partition coefficient (Wildman–Crippen LogP) is 3.49. The zero-order chi connectivity index (χ0) is 15.0. The van der Waals surface area contributed by atoms with Crippen molar-refractivity contribution in [2.24, 2.45) is 5.92 Å². The number of rotatable bonds is 6. The van der Waals surface area contributed by atoms with E-state index in [0.29, 0.717) is 16.6 Å². The first kappa shape index (κ1) is 15.4. The average Bonchev–Trinajstić information content (AvgIpc) is 2.89. The van der Waals surface area contributed by atoms with Gasteiger partial charge in [0.25, 0.3) is 0 Å². The molecule has 3 nitrogen and oxygen atoms in total. The van der Waals surface area contributed by atoms with Gasteiger partial charge in [-0.3, -0.25) is 10.1 Å². The summed E-state index contributed by atoms with van der Waals surface area (Å²) in [7, 11) is 0. The molecule has 1 aliphatic heterocycles. The highest BCUT2D eigenvalue weighted by molar-refractivity contribution is 8.00. The van der Waals surface area contributed by atoms with Crippen LogP contribution in [0.15, 0.2) is 16.8 Å². The molecule has 0 spiro atoms. The Kier molecular flexibility index (Phi) is 4.35. The highest BCUT2D eigenvalue weighted by atomic mass is 32.2. The lowest BCUT2D eigenvalue weighted by atomic mass is 10.0. The van der Waals surface area contributed by atoms with E-state index in [4.69, 9.17) is 0 Å². The molecule has 2 aliphatic rings. The Labute approximate surface area is 135 Å². The Morgan fingerprint density at radius 2 is 2.29 bits per heavy atom. The van der Waals surface area contributed by atoms with Crippen LogP contribution in [0, 0.1) is 5.92 Å². The van der Waals surface area contributed by atoms with Crippen molar-refractivity contribution >= 4 is 29.0 Å². The zero-order valence-corrected chi connectivity index (χ0v) is 14.6. The summed E-state index contributed by atoms with van der Waals surface area (Å²) in [6.45, 7) is 5.25. The van der Waals surface area contributed by atoms with Crippen LogP contribution in [0.25, 0.3) is 0 Å². The summed E-state index contributed by atoms with van der Waals surface area (Å²) in [4.78, 5) is 14.9. The second-order valence-electron chi connectivity index (χ2n) is 6.66. The van der Waals surface area contributed by atoms with E-state index in [0.717, 1.165) is 13.0 Å². The van der Waals surface area contributed by atoms with Crippen LogP contribution in [0.4, 0.5) is 0 Å². The maximum absolute atomic E-state index is 12.8. The second-order valence-corrected chi connectivity index (χ2v) is 8.72. The molecule has 1 aromatic heterocycles. The first-order valence-electron chi connectivity index (χ1n) is 7.68. The molecule has 1 N–H and O–H groups in total. The van der Waals surface area contributed by atoms with Gasteiger partial charge in [-0.1, -0.05) is 13.8 Å². The summed E-state index contributed by atoms with van der Waals surface area (Å²) in [5.74, 6) is 0.824. The third kappa shape index (κ3) is 3.15. The number of thiophene rings is 1. The molecule has 1 amide bonds. The van der Waals surface area contributed by atoms with Gasteiger partial charge in [0, 0.05) is 11.3 Å². The molecular formula is C16H24N2OS2. The third-order valence-corrected chi connectivity index (χ3v) is 6.62. The maximum Gasteiger partial charge on any atom is 0.241 e. The van der Waals surface area contributed by atoms with Crippen LogP contribution in [0.1, 0.15) is 44.8 Å². The quantitative estimate of drug-likeness (QED) is 0.869. The van der Waals surface area contributed by atoms with Crippen LogP contribution in [0.2, 0.25) is 0 Å². The molecular weight excluding hydrogens is 300 g/mol. The normalized spacial score (nSPS) is 27.6. The van der Waals surface area contributed by atoms with Gasteiger partial charge >= 0.3 is 0 Å². The number of carbonyl (C=O) groups is 1. The minimum Gasteiger partial charge on any atom is -0.320 e. The minimum absolute atomic E-state index is 0.0208. The monoisotopic (exact) mass is 324 g/mol. The maximum atomic E-state index is 12.8. The van der Waals surface area contributed by atoms with Gasteiger partial charge in [0.1, 0.15) is 6.17 Å². The average molecular weight is 325 g/mol. The van der Waals surface area contributed by atoms with E-state index in [1.54, 1.807) is 11.3 Å². The van der Waals surface area contributed by atoms with Crippen LogP contribution in [0.5, 0.6) is 0 Å². The van der Waals surface area contributed by atoms with Crippen molar-refractivity contribution in [2.75, 3.05) is 12.8 Å². The number of hydrogen-bond acceptors (Lipinski definition) is 4. The number of hydrogen-bond donors (Lipinski definition) is 1. The van der Waals surface area contributed by atoms with Crippen molar-refractivity contribution in [3.8, 4) is 0 Å². The summed E-state index contributed by atoms with van der Waals surface area (Å²) >= 11 is 3.62. The van der Waals surface area contributed by atoms with Crippen LogP contribution < -0.4 is 5.32 Å². The smallest absolute Gasteiger partial charge is 0.241 e. The van der Waals surface area contributed by atoms with E-state index < -0.39 is 0 Å². The Bertz CT molecular complexity index is 496. The van der Waals surface area contributed by atoms with Crippen LogP contribution in [-0.4, -0.2) is 34.4 Å². The molecule has 3 rings (SSSR count). The molecule has 2 fully saturated rings. The molecule has 0 bridgehead atoms. The molecule has 2 atom stereocenters. The van der Waals surface area contributed by atoms with E-state index in [1.807, 2.05) is 11.8 Å². The number of nitrogens with one attached hydrogen (secondary N) is 1. The SMILES string of the molecule is CSC1(CN2C(=O)C(CC(C)C)NC2c2ccsc2)CC1. The molecule has 5 heteroatoms. The van der Waals surface area contributed by atoms with E-state index in [2.05, 4.69) is 47.1 Å². The van der Waals surface area contributed by atoms with Crippen molar-refractivity contribution < 1.29 is 4.79 Å². The van der Waals surface area contributed by atoms with E-state index in [-0.39, 0.29) is 12.2 Å². The minimum atomic E-state index is -0.0208. The lowest BCUT2D eigenvalue weighted by Gasteiger charge is -2.27. The van der Waals surface area contributed by atoms with Crippen LogP contribution in [0.3, 0.4) is 0 Å². The molecule has 0 radical (unpaired) electrons. The van der Waals surface area contributed by atoms with Gasteiger partial charge in [-0.15, -0.1) is 0 Å². The van der Waals surface area contributed by atoms with Gasteiger partial charge in [-0.2, -0.15) is 23.1 Å². The fourth-order valence-corrected chi connectivity index (χ4v) is 4.53. The standard InChI is InChI=1S/C16H24N2OS2/c1-11(2)8-13-15(19)18(10-16(20-3)5-6-16)14(17-13)12-4-7-21-9-12/h4,7,9,11,13-14,17H,5-6,8,10H2,1-3H3. The Morgan fingerprint density at radius 3 is 2.81 bits per heavy atom. The van der Waals surface area contributed by atoms with E-state index in [1.165, 1.54) is 18.4 Å². The lowest BCUT2D eigenvalue weighted by Crippen LogP contribution is -2.37. The summed E-state index contributed by atoms with van der Waals surface area (Å²) in [5.41, 5.74) is 1.23. The fourth-order valence-electron chi connectivity index (χ4n) is 3.07.